The normalized spacial score (nSPS) is 15.6. The van der Waals surface area contributed by atoms with Crippen LogP contribution < -0.4 is 4.74 Å². The van der Waals surface area contributed by atoms with Gasteiger partial charge in [-0.25, -0.2) is 9.37 Å². The minimum atomic E-state index is -0.137. The smallest absolute Gasteiger partial charge is 0.140 e. The highest BCUT2D eigenvalue weighted by molar-refractivity contribution is 5.82. The highest BCUT2D eigenvalue weighted by atomic mass is 19.1. The number of nitrogens with zero attached hydrogens (tertiary/aromatic N) is 1. The molecule has 0 amide bonds. The molecule has 0 atom stereocenters. The Morgan fingerprint density at radius 2 is 2.29 bits per heavy atom. The first-order valence-corrected chi connectivity index (χ1v) is 5.49. The van der Waals surface area contributed by atoms with Crippen LogP contribution in [-0.4, -0.2) is 9.97 Å². The van der Waals surface area contributed by atoms with Crippen LogP contribution in [0.3, 0.4) is 0 Å². The molecule has 1 aliphatic rings. The molecule has 0 unspecified atom stereocenters. The topological polar surface area (TPSA) is 37.9 Å². The Balaban J connectivity index is 1.95. The SMILES string of the molecule is FC1=CC(Oc2ccnc3[nH]ccc23)=CCC1. The maximum atomic E-state index is 13.1. The third kappa shape index (κ3) is 1.93. The molecule has 0 aliphatic heterocycles. The summed E-state index contributed by atoms with van der Waals surface area (Å²) in [7, 11) is 0. The zero-order chi connectivity index (χ0) is 11.7. The molecule has 0 bridgehead atoms. The van der Waals surface area contributed by atoms with Crippen LogP contribution in [0.2, 0.25) is 0 Å². The van der Waals surface area contributed by atoms with Crippen LogP contribution in [0, 0.1) is 0 Å². The first-order valence-electron chi connectivity index (χ1n) is 5.49. The highest BCUT2D eigenvalue weighted by Gasteiger charge is 2.09. The lowest BCUT2D eigenvalue weighted by atomic mass is 10.1. The largest absolute Gasteiger partial charge is 0.457 e. The highest BCUT2D eigenvalue weighted by Crippen LogP contribution is 2.27. The van der Waals surface area contributed by atoms with E-state index in [0.29, 0.717) is 24.4 Å². The number of hydrogen-bond acceptors (Lipinski definition) is 2. The number of hydrogen-bond donors (Lipinski definition) is 1. The molecule has 3 nitrogen and oxygen atoms in total. The van der Waals surface area contributed by atoms with Gasteiger partial charge >= 0.3 is 0 Å². The van der Waals surface area contributed by atoms with Gasteiger partial charge in [0.1, 0.15) is 23.0 Å². The van der Waals surface area contributed by atoms with Crippen molar-refractivity contribution in [2.45, 2.75) is 12.8 Å². The molecule has 86 valence electrons. The van der Waals surface area contributed by atoms with Gasteiger partial charge in [0.25, 0.3) is 0 Å². The molecule has 2 aromatic rings. The van der Waals surface area contributed by atoms with Gasteiger partial charge in [-0.2, -0.15) is 0 Å². The second-order valence-electron chi connectivity index (χ2n) is 3.89. The van der Waals surface area contributed by atoms with Crippen LogP contribution in [0.1, 0.15) is 12.8 Å². The Hall–Kier alpha value is -2.10. The summed E-state index contributed by atoms with van der Waals surface area (Å²) in [6, 6.07) is 3.67. The molecule has 1 N–H and O–H groups in total. The van der Waals surface area contributed by atoms with Crippen molar-refractivity contribution in [3.63, 3.8) is 0 Å². The second kappa shape index (κ2) is 4.05. The third-order valence-electron chi connectivity index (χ3n) is 2.68. The van der Waals surface area contributed by atoms with E-state index in [1.807, 2.05) is 12.1 Å². The number of ether oxygens (including phenoxy) is 1. The fourth-order valence-corrected chi connectivity index (χ4v) is 1.86. The van der Waals surface area contributed by atoms with Crippen molar-refractivity contribution in [3.05, 3.63) is 48.3 Å². The predicted molar refractivity (Wildman–Crippen MR) is 63.2 cm³/mol. The number of H-pyrrole nitrogens is 1. The van der Waals surface area contributed by atoms with E-state index in [1.165, 1.54) is 6.08 Å². The van der Waals surface area contributed by atoms with Gasteiger partial charge in [-0.15, -0.1) is 0 Å². The Labute approximate surface area is 97.6 Å². The quantitative estimate of drug-likeness (QED) is 0.857. The van der Waals surface area contributed by atoms with Gasteiger partial charge in [0.2, 0.25) is 0 Å². The van der Waals surface area contributed by atoms with E-state index in [1.54, 1.807) is 18.5 Å². The van der Waals surface area contributed by atoms with Crippen LogP contribution >= 0.6 is 0 Å². The van der Waals surface area contributed by atoms with Gasteiger partial charge in [0.05, 0.1) is 5.39 Å². The number of aromatic nitrogens is 2. The van der Waals surface area contributed by atoms with Crippen LogP contribution in [-0.2, 0) is 0 Å². The summed E-state index contributed by atoms with van der Waals surface area (Å²) in [5.74, 6) is 1.11. The number of fused-ring (bicyclic) bond motifs is 1. The minimum Gasteiger partial charge on any atom is -0.457 e. The van der Waals surface area contributed by atoms with Gasteiger partial charge in [-0.3, -0.25) is 0 Å². The summed E-state index contributed by atoms with van der Waals surface area (Å²) in [6.07, 6.45) is 7.93. The maximum Gasteiger partial charge on any atom is 0.140 e. The fraction of sp³-hybridized carbons (Fsp3) is 0.154. The molecule has 0 radical (unpaired) electrons. The second-order valence-corrected chi connectivity index (χ2v) is 3.89. The molecule has 4 heteroatoms. The van der Waals surface area contributed by atoms with Gasteiger partial charge in [-0.1, -0.05) is 0 Å². The molecule has 17 heavy (non-hydrogen) atoms. The predicted octanol–water partition coefficient (Wildman–Crippen LogP) is 3.47. The Morgan fingerprint density at radius 1 is 1.35 bits per heavy atom. The lowest BCUT2D eigenvalue weighted by Gasteiger charge is -2.11. The number of allylic oxidation sites excluding steroid dienone is 3. The Morgan fingerprint density at radius 3 is 3.18 bits per heavy atom. The minimum absolute atomic E-state index is 0.137. The van der Waals surface area contributed by atoms with Crippen LogP contribution in [0.25, 0.3) is 11.0 Å². The lowest BCUT2D eigenvalue weighted by Crippen LogP contribution is -1.97. The molecule has 0 aromatic carbocycles. The molecule has 0 fully saturated rings. The van der Waals surface area contributed by atoms with Crippen molar-refractivity contribution in [1.82, 2.24) is 9.97 Å². The number of halogens is 1. The number of rotatable bonds is 2. The molecule has 2 heterocycles. The number of aromatic amines is 1. The first kappa shape index (κ1) is 10.1. The van der Waals surface area contributed by atoms with Crippen molar-refractivity contribution in [3.8, 4) is 5.75 Å². The van der Waals surface area contributed by atoms with Gasteiger partial charge in [0.15, 0.2) is 0 Å². The Kier molecular flexibility index (Phi) is 2.40. The average Bonchev–Trinajstić information content (AvgIpc) is 2.78. The van der Waals surface area contributed by atoms with Crippen LogP contribution in [0.5, 0.6) is 5.75 Å². The van der Waals surface area contributed by atoms with E-state index < -0.39 is 0 Å². The summed E-state index contributed by atoms with van der Waals surface area (Å²) >= 11 is 0. The Bertz CT molecular complexity index is 613. The fourth-order valence-electron chi connectivity index (χ4n) is 1.86. The van der Waals surface area contributed by atoms with Crippen LogP contribution in [0.15, 0.2) is 48.3 Å². The van der Waals surface area contributed by atoms with Crippen molar-refractivity contribution >= 4 is 11.0 Å². The average molecular weight is 230 g/mol. The van der Waals surface area contributed by atoms with E-state index in [9.17, 15) is 4.39 Å². The molecular weight excluding hydrogens is 219 g/mol. The monoisotopic (exact) mass is 230 g/mol. The summed E-state index contributed by atoms with van der Waals surface area (Å²) in [5, 5.41) is 0.896. The van der Waals surface area contributed by atoms with Crippen molar-refractivity contribution < 1.29 is 9.13 Å². The summed E-state index contributed by atoms with van der Waals surface area (Å²) in [6.45, 7) is 0. The molecular formula is C13H11FN2O. The van der Waals surface area contributed by atoms with Gasteiger partial charge in [-0.05, 0) is 24.6 Å². The summed E-state index contributed by atoms with van der Waals surface area (Å²) in [4.78, 5) is 7.17. The summed E-state index contributed by atoms with van der Waals surface area (Å²) < 4.78 is 18.8. The molecule has 0 saturated carbocycles. The van der Waals surface area contributed by atoms with Crippen molar-refractivity contribution in [2.75, 3.05) is 0 Å². The molecule has 0 saturated heterocycles. The van der Waals surface area contributed by atoms with Crippen molar-refractivity contribution in [2.24, 2.45) is 0 Å². The van der Waals surface area contributed by atoms with Crippen LogP contribution in [0.4, 0.5) is 4.39 Å². The molecule has 2 aromatic heterocycles. The number of nitrogens with one attached hydrogen (secondary N) is 1. The zero-order valence-corrected chi connectivity index (χ0v) is 9.11. The van der Waals surface area contributed by atoms with Gasteiger partial charge in [0, 0.05) is 24.9 Å². The lowest BCUT2D eigenvalue weighted by molar-refractivity contribution is 0.433. The van der Waals surface area contributed by atoms with Crippen molar-refractivity contribution in [1.29, 1.82) is 0 Å². The van der Waals surface area contributed by atoms with E-state index in [2.05, 4.69) is 9.97 Å². The third-order valence-corrected chi connectivity index (χ3v) is 2.68. The molecule has 1 aliphatic carbocycles. The first-order chi connectivity index (χ1) is 8.33. The molecule has 3 rings (SSSR count). The van der Waals surface area contributed by atoms with E-state index in [-0.39, 0.29) is 5.83 Å². The standard InChI is InChI=1S/C13H11FN2O/c14-9-2-1-3-10(8-9)17-12-5-7-16-13-11(12)4-6-15-13/h3-8H,1-2H2,(H,15,16). The zero-order valence-electron chi connectivity index (χ0n) is 9.11. The van der Waals surface area contributed by atoms with E-state index in [4.69, 9.17) is 4.74 Å². The van der Waals surface area contributed by atoms with E-state index >= 15 is 0 Å². The van der Waals surface area contributed by atoms with E-state index in [0.717, 1.165) is 11.0 Å². The molecule has 0 spiro atoms. The van der Waals surface area contributed by atoms with Gasteiger partial charge < -0.3 is 9.72 Å². The maximum absolute atomic E-state index is 13.1. The number of pyridine rings is 1. The summed E-state index contributed by atoms with van der Waals surface area (Å²) in [5.41, 5.74) is 0.767.